The first-order valence-corrected chi connectivity index (χ1v) is 11.2. The molecule has 2 aliphatic rings. The molecule has 1 amide bonds. The molecule has 7 nitrogen and oxygen atoms in total. The summed E-state index contributed by atoms with van der Waals surface area (Å²) in [6.07, 6.45) is 5.90. The highest BCUT2D eigenvalue weighted by atomic mass is 16.5. The van der Waals surface area contributed by atoms with Crippen molar-refractivity contribution in [3.63, 3.8) is 0 Å². The summed E-state index contributed by atoms with van der Waals surface area (Å²) in [5.74, 6) is 2.36. The molecule has 0 spiro atoms. The Morgan fingerprint density at radius 1 is 1.19 bits per heavy atom. The Labute approximate surface area is 183 Å². The normalized spacial score (nSPS) is 16.5. The third kappa shape index (κ3) is 6.20. The van der Waals surface area contributed by atoms with E-state index in [0.717, 1.165) is 48.9 Å². The highest BCUT2D eigenvalue weighted by molar-refractivity contribution is 5.95. The van der Waals surface area contributed by atoms with Crippen molar-refractivity contribution in [2.24, 2.45) is 10.9 Å². The van der Waals surface area contributed by atoms with Crippen LogP contribution in [-0.4, -0.2) is 36.5 Å². The maximum Gasteiger partial charge on any atom is 0.227 e. The molecule has 31 heavy (non-hydrogen) atoms. The van der Waals surface area contributed by atoms with Crippen molar-refractivity contribution in [2.45, 2.75) is 45.7 Å². The van der Waals surface area contributed by atoms with Crippen LogP contribution in [0.1, 0.15) is 43.7 Å². The van der Waals surface area contributed by atoms with Crippen molar-refractivity contribution in [1.29, 1.82) is 0 Å². The van der Waals surface area contributed by atoms with Crippen molar-refractivity contribution >= 4 is 17.6 Å². The first-order valence-electron chi connectivity index (χ1n) is 11.2. The number of amides is 1. The molecule has 1 saturated carbocycles. The van der Waals surface area contributed by atoms with Crippen LogP contribution in [0.2, 0.25) is 0 Å². The summed E-state index contributed by atoms with van der Waals surface area (Å²) < 4.78 is 5.77. The fraction of sp³-hybridized carbons (Fsp3) is 0.458. The maximum atomic E-state index is 11.9. The number of rotatable bonds is 9. The first kappa shape index (κ1) is 21.2. The SMILES string of the molecule is CCNC(=NCc1ccnc(OCC2CC2)c1)NCc1ccc(N2CCCC2=O)cc1. The van der Waals surface area contributed by atoms with Gasteiger partial charge in [0.05, 0.1) is 13.2 Å². The van der Waals surface area contributed by atoms with Gasteiger partial charge in [-0.15, -0.1) is 0 Å². The van der Waals surface area contributed by atoms with Gasteiger partial charge in [-0.05, 0) is 61.4 Å². The van der Waals surface area contributed by atoms with Crippen molar-refractivity contribution in [2.75, 3.05) is 24.6 Å². The van der Waals surface area contributed by atoms with Gasteiger partial charge in [0.2, 0.25) is 11.8 Å². The van der Waals surface area contributed by atoms with Crippen LogP contribution in [0.3, 0.4) is 0 Å². The van der Waals surface area contributed by atoms with Crippen LogP contribution in [0.25, 0.3) is 0 Å². The van der Waals surface area contributed by atoms with Gasteiger partial charge in [-0.1, -0.05) is 12.1 Å². The summed E-state index contributed by atoms with van der Waals surface area (Å²) in [6, 6.07) is 12.1. The average molecular weight is 422 g/mol. The predicted molar refractivity (Wildman–Crippen MR) is 122 cm³/mol. The number of hydrogen-bond donors (Lipinski definition) is 2. The number of nitrogens with one attached hydrogen (secondary N) is 2. The standard InChI is InChI=1S/C24H31N5O2/c1-2-25-24(28-16-20-11-12-26-22(14-20)31-17-19-5-6-19)27-15-18-7-9-21(10-8-18)29-13-3-4-23(29)30/h7-12,14,19H,2-6,13,15-17H2,1H3,(H2,25,27,28). The number of carbonyl (C=O) groups is 1. The van der Waals surface area contributed by atoms with Crippen LogP contribution in [0.5, 0.6) is 5.88 Å². The molecule has 1 aromatic heterocycles. The first-order chi connectivity index (χ1) is 15.2. The van der Waals surface area contributed by atoms with Crippen molar-refractivity contribution < 1.29 is 9.53 Å². The lowest BCUT2D eigenvalue weighted by atomic mass is 10.2. The molecule has 4 rings (SSSR count). The van der Waals surface area contributed by atoms with Gasteiger partial charge in [0.1, 0.15) is 0 Å². The molecule has 0 radical (unpaired) electrons. The van der Waals surface area contributed by atoms with Crippen molar-refractivity contribution in [3.8, 4) is 5.88 Å². The molecular weight excluding hydrogens is 390 g/mol. The van der Waals surface area contributed by atoms with Gasteiger partial charge in [-0.2, -0.15) is 0 Å². The summed E-state index contributed by atoms with van der Waals surface area (Å²) in [4.78, 5) is 22.8. The minimum atomic E-state index is 0.213. The quantitative estimate of drug-likeness (QED) is 0.480. The number of pyridine rings is 1. The monoisotopic (exact) mass is 421 g/mol. The second-order valence-electron chi connectivity index (χ2n) is 8.12. The van der Waals surface area contributed by atoms with Crippen LogP contribution in [0.15, 0.2) is 47.6 Å². The van der Waals surface area contributed by atoms with E-state index < -0.39 is 0 Å². The van der Waals surface area contributed by atoms with E-state index in [-0.39, 0.29) is 5.91 Å². The number of carbonyl (C=O) groups excluding carboxylic acids is 1. The highest BCUT2D eigenvalue weighted by Crippen LogP contribution is 2.29. The molecule has 7 heteroatoms. The molecule has 0 bridgehead atoms. The molecule has 1 saturated heterocycles. The van der Waals surface area contributed by atoms with E-state index in [0.29, 0.717) is 31.3 Å². The van der Waals surface area contributed by atoms with E-state index in [1.165, 1.54) is 12.8 Å². The number of hydrogen-bond acceptors (Lipinski definition) is 4. The Bertz CT molecular complexity index is 908. The lowest BCUT2D eigenvalue weighted by Gasteiger charge is -2.16. The molecule has 1 aliphatic carbocycles. The molecule has 0 atom stereocenters. The lowest BCUT2D eigenvalue weighted by Crippen LogP contribution is -2.36. The molecule has 1 aliphatic heterocycles. The molecule has 164 valence electrons. The van der Waals surface area contributed by atoms with Gasteiger partial charge >= 0.3 is 0 Å². The van der Waals surface area contributed by atoms with E-state index in [1.54, 1.807) is 6.20 Å². The molecule has 0 unspecified atom stereocenters. The van der Waals surface area contributed by atoms with Crippen LogP contribution in [-0.2, 0) is 17.9 Å². The number of anilines is 1. The zero-order chi connectivity index (χ0) is 21.5. The summed E-state index contributed by atoms with van der Waals surface area (Å²) in [5.41, 5.74) is 3.18. The lowest BCUT2D eigenvalue weighted by molar-refractivity contribution is -0.117. The fourth-order valence-corrected chi connectivity index (χ4v) is 3.53. The molecule has 2 fully saturated rings. The smallest absolute Gasteiger partial charge is 0.227 e. The highest BCUT2D eigenvalue weighted by Gasteiger charge is 2.22. The Balaban J connectivity index is 1.31. The number of aromatic nitrogens is 1. The van der Waals surface area contributed by atoms with E-state index in [4.69, 9.17) is 9.73 Å². The molecule has 2 heterocycles. The summed E-state index contributed by atoms with van der Waals surface area (Å²) in [5, 5.41) is 6.67. The zero-order valence-electron chi connectivity index (χ0n) is 18.1. The Kier molecular flexibility index (Phi) is 7.02. The fourth-order valence-electron chi connectivity index (χ4n) is 3.53. The minimum absolute atomic E-state index is 0.213. The van der Waals surface area contributed by atoms with Gasteiger partial charge in [-0.25, -0.2) is 9.98 Å². The third-order valence-electron chi connectivity index (χ3n) is 5.51. The number of benzene rings is 1. The number of guanidine groups is 1. The van der Waals surface area contributed by atoms with E-state index >= 15 is 0 Å². The van der Waals surface area contributed by atoms with Gasteiger partial charge in [0.15, 0.2) is 5.96 Å². The Hall–Kier alpha value is -3.09. The largest absolute Gasteiger partial charge is 0.477 e. The van der Waals surface area contributed by atoms with E-state index in [1.807, 2.05) is 29.2 Å². The number of nitrogens with zero attached hydrogens (tertiary/aromatic N) is 3. The van der Waals surface area contributed by atoms with Crippen molar-refractivity contribution in [3.05, 3.63) is 53.7 Å². The van der Waals surface area contributed by atoms with E-state index in [9.17, 15) is 4.79 Å². The second-order valence-corrected chi connectivity index (χ2v) is 8.12. The van der Waals surface area contributed by atoms with Crippen molar-refractivity contribution in [1.82, 2.24) is 15.6 Å². The Morgan fingerprint density at radius 2 is 2.03 bits per heavy atom. The van der Waals surface area contributed by atoms with Gasteiger partial charge in [0.25, 0.3) is 0 Å². The Morgan fingerprint density at radius 3 is 2.74 bits per heavy atom. The summed E-state index contributed by atoms with van der Waals surface area (Å²) in [6.45, 7) is 5.62. The van der Waals surface area contributed by atoms with Crippen LogP contribution in [0, 0.1) is 5.92 Å². The topological polar surface area (TPSA) is 78.9 Å². The molecule has 2 N–H and O–H groups in total. The maximum absolute atomic E-state index is 11.9. The van der Waals surface area contributed by atoms with Crippen LogP contribution >= 0.6 is 0 Å². The van der Waals surface area contributed by atoms with Crippen LogP contribution in [0.4, 0.5) is 5.69 Å². The molecular formula is C24H31N5O2. The summed E-state index contributed by atoms with van der Waals surface area (Å²) in [7, 11) is 0. The number of ether oxygens (including phenoxy) is 1. The second kappa shape index (κ2) is 10.3. The van der Waals surface area contributed by atoms with Gasteiger partial charge in [-0.3, -0.25) is 4.79 Å². The van der Waals surface area contributed by atoms with Gasteiger partial charge < -0.3 is 20.3 Å². The van der Waals surface area contributed by atoms with Crippen LogP contribution < -0.4 is 20.3 Å². The zero-order valence-corrected chi connectivity index (χ0v) is 18.1. The molecule has 1 aromatic carbocycles. The van der Waals surface area contributed by atoms with E-state index in [2.05, 4.69) is 34.7 Å². The average Bonchev–Trinajstić information content (AvgIpc) is 3.53. The number of aliphatic imine (C=N–C) groups is 1. The summed E-state index contributed by atoms with van der Waals surface area (Å²) >= 11 is 0. The van der Waals surface area contributed by atoms with Gasteiger partial charge in [0, 0.05) is 44.0 Å². The molecule has 2 aromatic rings. The third-order valence-corrected chi connectivity index (χ3v) is 5.51. The predicted octanol–water partition coefficient (Wildman–Crippen LogP) is 3.25. The minimum Gasteiger partial charge on any atom is -0.477 e.